The molecular formula is C31H39F3N2O6. The second-order valence-electron chi connectivity index (χ2n) is 13.2. The summed E-state index contributed by atoms with van der Waals surface area (Å²) in [6.45, 7) is 4.22. The number of ether oxygens (including phenoxy) is 2. The number of aliphatic carboxylic acids is 1. The summed E-state index contributed by atoms with van der Waals surface area (Å²) in [5.41, 5.74) is -0.875. The molecule has 3 N–H and O–H groups in total. The van der Waals surface area contributed by atoms with Crippen LogP contribution in [0, 0.1) is 34.4 Å². The van der Waals surface area contributed by atoms with Crippen molar-refractivity contribution < 1.29 is 42.1 Å². The monoisotopic (exact) mass is 592 g/mol. The summed E-state index contributed by atoms with van der Waals surface area (Å²) < 4.78 is 53.7. The fraction of sp³-hybridized carbons (Fsp3) is 0.645. The molecule has 4 atom stereocenters. The SMILES string of the molecule is COc1cc(F)c(OC2CCC(C)(C(=O)O)CC2)cc1C(=O)N[C@@H]1[C@H]2CC(=C(F)F)[C@H](C2)[C@@H]1C(=O)NCC1(C)CCC1. The van der Waals surface area contributed by atoms with Crippen LogP contribution in [0.1, 0.15) is 82.0 Å². The van der Waals surface area contributed by atoms with Crippen LogP contribution >= 0.6 is 0 Å². The number of benzene rings is 1. The fourth-order valence-corrected chi connectivity index (χ4v) is 7.25. The van der Waals surface area contributed by atoms with Crippen molar-refractivity contribution in [2.45, 2.75) is 83.8 Å². The number of rotatable bonds is 9. The van der Waals surface area contributed by atoms with E-state index in [-0.39, 0.29) is 46.3 Å². The number of halogens is 3. The summed E-state index contributed by atoms with van der Waals surface area (Å²) in [7, 11) is 1.30. The standard InChI is InChI=1S/C31H39F3N2O6/c1-30(7-4-8-30)15-35-28(38)24-18-11-16(12-19(18)26(33)34)25(24)36-27(37)20-13-23(21(32)14-22(20)41-3)42-17-5-9-31(2,10-6-17)29(39)40/h13-14,16-18,24-25H,4-12,15H2,1-3H3,(H,35,38)(H,36,37)(H,39,40)/t16-,17?,18+,24+,25-,31?/m1/s1. The molecule has 0 aliphatic heterocycles. The van der Waals surface area contributed by atoms with Crippen molar-refractivity contribution in [1.82, 2.24) is 10.6 Å². The third-order valence-corrected chi connectivity index (χ3v) is 10.3. The maximum absolute atomic E-state index is 15.0. The molecule has 0 heterocycles. The lowest BCUT2D eigenvalue weighted by Gasteiger charge is -2.39. The molecule has 4 aliphatic rings. The third-order valence-electron chi connectivity index (χ3n) is 10.3. The molecule has 1 aromatic rings. The van der Waals surface area contributed by atoms with E-state index in [0.29, 0.717) is 38.6 Å². The van der Waals surface area contributed by atoms with Crippen molar-refractivity contribution in [3.63, 3.8) is 0 Å². The molecule has 5 rings (SSSR count). The highest BCUT2D eigenvalue weighted by Crippen LogP contribution is 2.53. The molecule has 4 saturated carbocycles. The van der Waals surface area contributed by atoms with Gasteiger partial charge in [0.15, 0.2) is 11.6 Å². The van der Waals surface area contributed by atoms with Gasteiger partial charge in [-0.1, -0.05) is 13.3 Å². The van der Waals surface area contributed by atoms with Crippen LogP contribution in [0.4, 0.5) is 13.2 Å². The predicted octanol–water partition coefficient (Wildman–Crippen LogP) is 5.46. The second-order valence-corrected chi connectivity index (χ2v) is 13.2. The van der Waals surface area contributed by atoms with E-state index in [1.807, 2.05) is 0 Å². The molecule has 4 aliphatic carbocycles. The molecule has 1 aromatic carbocycles. The minimum atomic E-state index is -1.76. The van der Waals surface area contributed by atoms with E-state index in [2.05, 4.69) is 17.6 Å². The second kappa shape index (κ2) is 11.4. The van der Waals surface area contributed by atoms with Crippen molar-refractivity contribution in [2.24, 2.45) is 28.6 Å². The minimum absolute atomic E-state index is 0.00149. The Hall–Kier alpha value is -3.24. The van der Waals surface area contributed by atoms with E-state index in [0.717, 1.165) is 25.3 Å². The smallest absolute Gasteiger partial charge is 0.309 e. The number of carbonyl (C=O) groups is 3. The Bertz CT molecular complexity index is 1280. The van der Waals surface area contributed by atoms with Gasteiger partial charge in [-0.05, 0) is 87.2 Å². The van der Waals surface area contributed by atoms with Crippen molar-refractivity contribution in [1.29, 1.82) is 0 Å². The largest absolute Gasteiger partial charge is 0.496 e. The van der Waals surface area contributed by atoms with E-state index in [1.54, 1.807) is 6.92 Å². The molecular weight excluding hydrogens is 553 g/mol. The molecule has 0 unspecified atom stereocenters. The number of amides is 2. The number of nitrogens with one attached hydrogen (secondary N) is 2. The number of allylic oxidation sites excluding steroid dienone is 1. The third kappa shape index (κ3) is 5.71. The van der Waals surface area contributed by atoms with Crippen LogP contribution in [0.25, 0.3) is 0 Å². The number of hydrogen-bond acceptors (Lipinski definition) is 5. The van der Waals surface area contributed by atoms with E-state index >= 15 is 0 Å². The molecule has 0 spiro atoms. The van der Waals surface area contributed by atoms with Gasteiger partial charge in [0.1, 0.15) is 5.75 Å². The van der Waals surface area contributed by atoms with Crippen LogP contribution in [0.2, 0.25) is 0 Å². The normalized spacial score (nSPS) is 31.2. The van der Waals surface area contributed by atoms with Gasteiger partial charge in [-0.25, -0.2) is 4.39 Å². The van der Waals surface area contributed by atoms with Gasteiger partial charge in [0.2, 0.25) is 5.91 Å². The summed E-state index contributed by atoms with van der Waals surface area (Å²) in [6.07, 6.45) is 2.94. The maximum Gasteiger partial charge on any atom is 0.309 e. The molecule has 8 nitrogen and oxygen atoms in total. The minimum Gasteiger partial charge on any atom is -0.496 e. The van der Waals surface area contributed by atoms with E-state index in [1.165, 1.54) is 13.2 Å². The van der Waals surface area contributed by atoms with Crippen LogP contribution in [-0.2, 0) is 9.59 Å². The van der Waals surface area contributed by atoms with Crippen LogP contribution in [0.15, 0.2) is 23.8 Å². The lowest BCUT2D eigenvalue weighted by molar-refractivity contribution is -0.150. The highest BCUT2D eigenvalue weighted by atomic mass is 19.3. The summed E-state index contributed by atoms with van der Waals surface area (Å²) in [4.78, 5) is 38.6. The maximum atomic E-state index is 15.0. The first-order valence-corrected chi connectivity index (χ1v) is 14.7. The Morgan fingerprint density at radius 3 is 2.33 bits per heavy atom. The van der Waals surface area contributed by atoms with Crippen LogP contribution in [0.3, 0.4) is 0 Å². The zero-order chi connectivity index (χ0) is 30.4. The Morgan fingerprint density at radius 1 is 1.07 bits per heavy atom. The Balaban J connectivity index is 1.33. The summed E-state index contributed by atoms with van der Waals surface area (Å²) >= 11 is 0. The first kappa shape index (κ1) is 30.2. The van der Waals surface area contributed by atoms with Gasteiger partial charge < -0.3 is 25.2 Å². The topological polar surface area (TPSA) is 114 Å². The molecule has 230 valence electrons. The highest BCUT2D eigenvalue weighted by Gasteiger charge is 2.55. The predicted molar refractivity (Wildman–Crippen MR) is 147 cm³/mol. The van der Waals surface area contributed by atoms with Crippen molar-refractivity contribution >= 4 is 17.8 Å². The summed E-state index contributed by atoms with van der Waals surface area (Å²) in [5, 5.41) is 15.3. The van der Waals surface area contributed by atoms with E-state index < -0.39 is 53.2 Å². The molecule has 0 saturated heterocycles. The molecule has 11 heteroatoms. The molecule has 2 amide bonds. The number of fused-ring (bicyclic) bond motifs is 2. The molecule has 0 aromatic heterocycles. The van der Waals surface area contributed by atoms with Gasteiger partial charge in [-0.3, -0.25) is 14.4 Å². The Labute approximate surface area is 243 Å². The molecule has 42 heavy (non-hydrogen) atoms. The number of carboxylic acid groups (broad SMARTS) is 1. The van der Waals surface area contributed by atoms with Gasteiger partial charge >= 0.3 is 5.97 Å². The quantitative estimate of drug-likeness (QED) is 0.351. The zero-order valence-corrected chi connectivity index (χ0v) is 24.2. The van der Waals surface area contributed by atoms with E-state index in [9.17, 15) is 32.7 Å². The lowest BCUT2D eigenvalue weighted by Crippen LogP contribution is -2.52. The number of carboxylic acids is 1. The molecule has 0 radical (unpaired) electrons. The zero-order valence-electron chi connectivity index (χ0n) is 24.2. The number of methoxy groups -OCH3 is 1. The first-order valence-electron chi connectivity index (χ1n) is 14.7. The van der Waals surface area contributed by atoms with Gasteiger partial charge in [0.05, 0.1) is 30.1 Å². The Morgan fingerprint density at radius 2 is 1.76 bits per heavy atom. The fourth-order valence-electron chi connectivity index (χ4n) is 7.25. The molecule has 2 bridgehead atoms. The van der Waals surface area contributed by atoms with Gasteiger partial charge in [0.25, 0.3) is 12.0 Å². The van der Waals surface area contributed by atoms with Crippen LogP contribution in [-0.4, -0.2) is 48.7 Å². The van der Waals surface area contributed by atoms with Crippen molar-refractivity contribution in [2.75, 3.05) is 13.7 Å². The first-order chi connectivity index (χ1) is 19.8. The number of carbonyl (C=O) groups excluding carboxylic acids is 2. The average molecular weight is 593 g/mol. The average Bonchev–Trinajstić information content (AvgIpc) is 3.52. The van der Waals surface area contributed by atoms with Crippen molar-refractivity contribution in [3.05, 3.63) is 35.2 Å². The van der Waals surface area contributed by atoms with Crippen LogP contribution < -0.4 is 20.1 Å². The van der Waals surface area contributed by atoms with Crippen LogP contribution in [0.5, 0.6) is 11.5 Å². The lowest BCUT2D eigenvalue weighted by atomic mass is 9.70. The van der Waals surface area contributed by atoms with Gasteiger partial charge in [-0.15, -0.1) is 0 Å². The Kier molecular flexibility index (Phi) is 8.24. The van der Waals surface area contributed by atoms with Crippen molar-refractivity contribution in [3.8, 4) is 11.5 Å². The number of hydrogen-bond donors (Lipinski definition) is 3. The van der Waals surface area contributed by atoms with E-state index in [4.69, 9.17) is 9.47 Å². The summed E-state index contributed by atoms with van der Waals surface area (Å²) in [6, 6.07) is 1.63. The van der Waals surface area contributed by atoms with Gasteiger partial charge in [-0.2, -0.15) is 8.78 Å². The summed E-state index contributed by atoms with van der Waals surface area (Å²) in [5.74, 6) is -4.61. The van der Waals surface area contributed by atoms with Gasteiger partial charge in [0, 0.05) is 18.7 Å². The highest BCUT2D eigenvalue weighted by molar-refractivity contribution is 5.98. The molecule has 4 fully saturated rings.